The molecule has 0 spiro atoms. The van der Waals surface area contributed by atoms with Gasteiger partial charge in [0.15, 0.2) is 0 Å². The Morgan fingerprint density at radius 3 is 2.55 bits per heavy atom. The molecule has 0 aliphatic carbocycles. The minimum absolute atomic E-state index is 0. The van der Waals surface area contributed by atoms with E-state index in [0.717, 1.165) is 18.7 Å². The lowest BCUT2D eigenvalue weighted by Crippen LogP contribution is -2.07. The molecule has 0 aliphatic rings. The molecular formula is C17H20ClN3O. The van der Waals surface area contributed by atoms with Gasteiger partial charge in [-0.3, -0.25) is 4.98 Å². The second-order valence-electron chi connectivity index (χ2n) is 4.82. The number of rotatable bonds is 4. The first kappa shape index (κ1) is 17.8. The van der Waals surface area contributed by atoms with Gasteiger partial charge >= 0.3 is 0 Å². The summed E-state index contributed by atoms with van der Waals surface area (Å²) in [5.41, 5.74) is 8.80. The van der Waals surface area contributed by atoms with E-state index in [-0.39, 0.29) is 17.9 Å². The quantitative estimate of drug-likeness (QED) is 0.775. The Balaban J connectivity index is 0.00000121. The Kier molecular flexibility index (Phi) is 6.63. The number of hydrogen-bond donors (Lipinski definition) is 2. The Morgan fingerprint density at radius 1 is 1.00 bits per heavy atom. The molecule has 0 fully saturated rings. The van der Waals surface area contributed by atoms with E-state index in [2.05, 4.69) is 52.8 Å². The SMILES string of the molecule is Cl.Nc1cnccc1NCCc1ccc2ccccc2c1.O. The molecule has 1 aromatic heterocycles. The van der Waals surface area contributed by atoms with Gasteiger partial charge < -0.3 is 16.5 Å². The van der Waals surface area contributed by atoms with E-state index in [0.29, 0.717) is 5.69 Å². The molecule has 0 aliphatic heterocycles. The van der Waals surface area contributed by atoms with Gasteiger partial charge in [-0.15, -0.1) is 12.4 Å². The minimum Gasteiger partial charge on any atom is -0.412 e. The number of pyridine rings is 1. The first-order valence-corrected chi connectivity index (χ1v) is 6.74. The van der Waals surface area contributed by atoms with Crippen LogP contribution in [0.1, 0.15) is 5.56 Å². The number of aromatic nitrogens is 1. The molecule has 0 radical (unpaired) electrons. The summed E-state index contributed by atoms with van der Waals surface area (Å²) >= 11 is 0. The summed E-state index contributed by atoms with van der Waals surface area (Å²) in [4.78, 5) is 3.98. The van der Waals surface area contributed by atoms with Crippen molar-refractivity contribution in [1.29, 1.82) is 0 Å². The highest BCUT2D eigenvalue weighted by Crippen LogP contribution is 2.17. The Morgan fingerprint density at radius 2 is 1.77 bits per heavy atom. The number of anilines is 2. The maximum Gasteiger partial charge on any atom is 0.0736 e. The van der Waals surface area contributed by atoms with Crippen molar-refractivity contribution in [1.82, 2.24) is 4.98 Å². The molecule has 4 nitrogen and oxygen atoms in total. The van der Waals surface area contributed by atoms with Crippen LogP contribution in [0.2, 0.25) is 0 Å². The number of nitrogens with two attached hydrogens (primary N) is 1. The van der Waals surface area contributed by atoms with E-state index in [1.807, 2.05) is 6.07 Å². The monoisotopic (exact) mass is 317 g/mol. The average Bonchev–Trinajstić information content (AvgIpc) is 2.49. The maximum absolute atomic E-state index is 5.85. The van der Waals surface area contributed by atoms with Gasteiger partial charge in [0.05, 0.1) is 17.6 Å². The molecule has 2 aromatic carbocycles. The van der Waals surface area contributed by atoms with E-state index < -0.39 is 0 Å². The van der Waals surface area contributed by atoms with E-state index in [1.165, 1.54) is 16.3 Å². The third kappa shape index (κ3) is 4.10. The molecule has 5 N–H and O–H groups in total. The number of benzene rings is 2. The Hall–Kier alpha value is -2.30. The van der Waals surface area contributed by atoms with Crippen LogP contribution in [0.15, 0.2) is 60.9 Å². The lowest BCUT2D eigenvalue weighted by atomic mass is 10.1. The highest BCUT2D eigenvalue weighted by molar-refractivity contribution is 5.85. The van der Waals surface area contributed by atoms with Crippen LogP contribution >= 0.6 is 12.4 Å². The van der Waals surface area contributed by atoms with Crippen molar-refractivity contribution in [2.45, 2.75) is 6.42 Å². The molecule has 5 heteroatoms. The fourth-order valence-corrected chi connectivity index (χ4v) is 2.30. The largest absolute Gasteiger partial charge is 0.412 e. The van der Waals surface area contributed by atoms with Crippen molar-refractivity contribution in [3.63, 3.8) is 0 Å². The molecule has 0 unspecified atom stereocenters. The van der Waals surface area contributed by atoms with Crippen molar-refractivity contribution >= 4 is 34.6 Å². The summed E-state index contributed by atoms with van der Waals surface area (Å²) in [6, 6.07) is 16.9. The van der Waals surface area contributed by atoms with Crippen LogP contribution < -0.4 is 11.1 Å². The standard InChI is InChI=1S/C17H17N3.ClH.H2O/c18-16-12-19-9-8-17(16)20-10-7-13-5-6-14-3-1-2-4-15(14)11-13;;/h1-6,8-9,11-12H,7,10,18H2,(H,19,20);1H;1H2. The van der Waals surface area contributed by atoms with Gasteiger partial charge in [0.2, 0.25) is 0 Å². The van der Waals surface area contributed by atoms with Gasteiger partial charge in [0.1, 0.15) is 0 Å². The average molecular weight is 318 g/mol. The van der Waals surface area contributed by atoms with Crippen LogP contribution in [-0.4, -0.2) is 17.0 Å². The number of halogens is 1. The summed E-state index contributed by atoms with van der Waals surface area (Å²) in [5, 5.41) is 5.91. The van der Waals surface area contributed by atoms with Crippen molar-refractivity contribution in [3.8, 4) is 0 Å². The molecule has 0 bridgehead atoms. The molecule has 0 atom stereocenters. The molecule has 0 saturated carbocycles. The zero-order valence-corrected chi connectivity index (χ0v) is 12.9. The predicted molar refractivity (Wildman–Crippen MR) is 95.7 cm³/mol. The molecule has 3 aromatic rings. The minimum atomic E-state index is 0. The summed E-state index contributed by atoms with van der Waals surface area (Å²) in [7, 11) is 0. The van der Waals surface area contributed by atoms with Crippen LogP contribution in [0.4, 0.5) is 11.4 Å². The molecule has 0 saturated heterocycles. The third-order valence-electron chi connectivity index (χ3n) is 3.39. The van der Waals surface area contributed by atoms with Crippen molar-refractivity contribution in [2.75, 3.05) is 17.6 Å². The van der Waals surface area contributed by atoms with Crippen LogP contribution in [0, 0.1) is 0 Å². The number of nitrogen functional groups attached to an aromatic ring is 1. The van der Waals surface area contributed by atoms with Gasteiger partial charge in [-0.05, 0) is 28.8 Å². The van der Waals surface area contributed by atoms with E-state index in [1.54, 1.807) is 12.4 Å². The zero-order valence-electron chi connectivity index (χ0n) is 12.1. The first-order valence-electron chi connectivity index (χ1n) is 6.74. The summed E-state index contributed by atoms with van der Waals surface area (Å²) in [6.45, 7) is 0.854. The normalized spacial score (nSPS) is 9.64. The van der Waals surface area contributed by atoms with E-state index in [9.17, 15) is 0 Å². The van der Waals surface area contributed by atoms with Crippen LogP contribution in [-0.2, 0) is 6.42 Å². The second-order valence-corrected chi connectivity index (χ2v) is 4.82. The van der Waals surface area contributed by atoms with Gasteiger partial charge in [0.25, 0.3) is 0 Å². The maximum atomic E-state index is 5.85. The molecule has 116 valence electrons. The summed E-state index contributed by atoms with van der Waals surface area (Å²) < 4.78 is 0. The Bertz CT molecular complexity index is 734. The van der Waals surface area contributed by atoms with Crippen molar-refractivity contribution < 1.29 is 5.48 Å². The Labute approximate surface area is 136 Å². The number of nitrogens with one attached hydrogen (secondary N) is 1. The van der Waals surface area contributed by atoms with Crippen molar-refractivity contribution in [3.05, 3.63) is 66.5 Å². The topological polar surface area (TPSA) is 82.4 Å². The molecule has 3 rings (SSSR count). The number of fused-ring (bicyclic) bond motifs is 1. The summed E-state index contributed by atoms with van der Waals surface area (Å²) in [6.07, 6.45) is 4.37. The van der Waals surface area contributed by atoms with Gasteiger partial charge in [0, 0.05) is 12.7 Å². The number of nitrogens with zero attached hydrogens (tertiary/aromatic N) is 1. The first-order chi connectivity index (χ1) is 9.83. The highest BCUT2D eigenvalue weighted by Gasteiger charge is 1.99. The van der Waals surface area contributed by atoms with Crippen molar-refractivity contribution in [2.24, 2.45) is 0 Å². The predicted octanol–water partition coefficient (Wildman–Crippen LogP) is 3.07. The van der Waals surface area contributed by atoms with E-state index >= 15 is 0 Å². The summed E-state index contributed by atoms with van der Waals surface area (Å²) in [5.74, 6) is 0. The van der Waals surface area contributed by atoms with Gasteiger partial charge in [-0.1, -0.05) is 42.5 Å². The smallest absolute Gasteiger partial charge is 0.0736 e. The zero-order chi connectivity index (χ0) is 13.8. The second kappa shape index (κ2) is 8.22. The molecule has 1 heterocycles. The number of hydrogen-bond acceptors (Lipinski definition) is 3. The molecule has 0 amide bonds. The fourth-order valence-electron chi connectivity index (χ4n) is 2.30. The fraction of sp³-hybridized carbons (Fsp3) is 0.118. The van der Waals surface area contributed by atoms with E-state index in [4.69, 9.17) is 5.73 Å². The van der Waals surface area contributed by atoms with Crippen LogP contribution in [0.25, 0.3) is 10.8 Å². The van der Waals surface area contributed by atoms with Gasteiger partial charge in [-0.2, -0.15) is 0 Å². The molecule has 22 heavy (non-hydrogen) atoms. The van der Waals surface area contributed by atoms with Gasteiger partial charge in [-0.25, -0.2) is 0 Å². The lowest BCUT2D eigenvalue weighted by molar-refractivity contribution is 0.824. The molecular weight excluding hydrogens is 298 g/mol. The third-order valence-corrected chi connectivity index (χ3v) is 3.39. The van der Waals surface area contributed by atoms with Crippen LogP contribution in [0.5, 0.6) is 0 Å². The highest BCUT2D eigenvalue weighted by atomic mass is 35.5. The lowest BCUT2D eigenvalue weighted by Gasteiger charge is -2.09. The van der Waals surface area contributed by atoms with Crippen LogP contribution in [0.3, 0.4) is 0 Å².